The lowest BCUT2D eigenvalue weighted by molar-refractivity contribution is 0.271. The Morgan fingerprint density at radius 1 is 1.64 bits per heavy atom. The third kappa shape index (κ3) is 3.02. The molecule has 0 bridgehead atoms. The Hall–Kier alpha value is -0.360. The second-order valence-electron chi connectivity index (χ2n) is 1.76. The lowest BCUT2D eigenvalue weighted by atomic mass is 10.5. The maximum absolute atomic E-state index is 10.5. The lowest BCUT2D eigenvalue weighted by Gasteiger charge is -1.97. The van der Waals surface area contributed by atoms with Crippen molar-refractivity contribution >= 4 is 43.9 Å². The number of halogens is 2. The van der Waals surface area contributed by atoms with Crippen LogP contribution in [-0.4, -0.2) is 8.90 Å². The summed E-state index contributed by atoms with van der Waals surface area (Å²) in [6.07, 6.45) is 1.48. The van der Waals surface area contributed by atoms with E-state index in [1.54, 1.807) is 34.7 Å². The Morgan fingerprint density at radius 3 is 2.82 bits per heavy atom. The Kier molecular flexibility index (Phi) is 3.07. The molecule has 0 unspecified atom stereocenters. The molecule has 5 heteroatoms. The Morgan fingerprint density at radius 2 is 2.36 bits per heavy atom. The van der Waals surface area contributed by atoms with Gasteiger partial charge in [0.2, 0.25) is 0 Å². The fourth-order valence-electron chi connectivity index (χ4n) is 0.550. The second kappa shape index (κ2) is 3.87. The highest BCUT2D eigenvalue weighted by atomic mass is 127. The fourth-order valence-corrected chi connectivity index (χ4v) is 0.939. The van der Waals surface area contributed by atoms with Crippen LogP contribution in [0.3, 0.4) is 0 Å². The summed E-state index contributed by atoms with van der Waals surface area (Å²) in [5, 5.41) is 3.06. The van der Waals surface area contributed by atoms with Crippen molar-refractivity contribution in [1.29, 1.82) is 0 Å². The molecular weight excluding hydrogens is 278 g/mol. The predicted molar refractivity (Wildman–Crippen MR) is 52.3 cm³/mol. The molecule has 0 radical (unpaired) electrons. The monoisotopic (exact) mass is 282 g/mol. The number of hydrogen-bond donors (Lipinski definition) is 1. The van der Waals surface area contributed by atoms with Crippen LogP contribution in [0, 0.1) is 0 Å². The fraction of sp³-hybridized carbons (Fsp3) is 0. The van der Waals surface area contributed by atoms with E-state index in [0.29, 0.717) is 10.8 Å². The maximum atomic E-state index is 10.5. The molecule has 3 nitrogen and oxygen atoms in total. The van der Waals surface area contributed by atoms with Gasteiger partial charge in [-0.15, -0.1) is 0 Å². The summed E-state index contributed by atoms with van der Waals surface area (Å²) >= 11 is 7.20. The highest BCUT2D eigenvalue weighted by molar-refractivity contribution is 14.1. The SMILES string of the molecule is O=C(I)Nc1ccc(Cl)cn1. The molecule has 1 amide bonds. The van der Waals surface area contributed by atoms with Crippen molar-refractivity contribution < 1.29 is 4.79 Å². The standard InChI is InChI=1S/C6H4ClIN2O/c7-4-1-2-5(9-3-4)10-6(8)11/h1-3H,(H,9,10,11). The quantitative estimate of drug-likeness (QED) is 0.489. The minimum absolute atomic E-state index is 0.169. The van der Waals surface area contributed by atoms with Gasteiger partial charge < -0.3 is 5.32 Å². The van der Waals surface area contributed by atoms with E-state index in [-0.39, 0.29) is 3.91 Å². The molecular formula is C6H4ClIN2O. The summed E-state index contributed by atoms with van der Waals surface area (Å²) in [5.41, 5.74) is 0. The van der Waals surface area contributed by atoms with Crippen molar-refractivity contribution in [3.8, 4) is 0 Å². The van der Waals surface area contributed by atoms with Crippen molar-refractivity contribution in [2.75, 3.05) is 5.32 Å². The van der Waals surface area contributed by atoms with Crippen LogP contribution in [0.5, 0.6) is 0 Å². The first-order valence-electron chi connectivity index (χ1n) is 2.76. The Labute approximate surface area is 82.3 Å². The normalized spacial score (nSPS) is 9.27. The third-order valence-corrected chi connectivity index (χ3v) is 1.45. The van der Waals surface area contributed by atoms with E-state index in [9.17, 15) is 4.79 Å². The summed E-state index contributed by atoms with van der Waals surface area (Å²) in [7, 11) is 0. The highest BCUT2D eigenvalue weighted by Gasteiger charge is 1.96. The van der Waals surface area contributed by atoms with E-state index < -0.39 is 0 Å². The first-order chi connectivity index (χ1) is 5.18. The molecule has 1 N–H and O–H groups in total. The largest absolute Gasteiger partial charge is 0.302 e. The number of amides is 1. The van der Waals surface area contributed by atoms with Gasteiger partial charge in [-0.25, -0.2) is 4.98 Å². The minimum atomic E-state index is -0.169. The van der Waals surface area contributed by atoms with E-state index in [2.05, 4.69) is 10.3 Å². The molecule has 1 rings (SSSR count). The summed E-state index contributed by atoms with van der Waals surface area (Å²) < 4.78 is -0.169. The number of nitrogens with zero attached hydrogens (tertiary/aromatic N) is 1. The van der Waals surface area contributed by atoms with E-state index in [4.69, 9.17) is 11.6 Å². The number of nitrogens with one attached hydrogen (secondary N) is 1. The average molecular weight is 282 g/mol. The van der Waals surface area contributed by atoms with Crippen LogP contribution in [0.4, 0.5) is 10.6 Å². The van der Waals surface area contributed by atoms with Gasteiger partial charge in [-0.2, -0.15) is 0 Å². The first kappa shape index (κ1) is 8.73. The molecule has 58 valence electrons. The van der Waals surface area contributed by atoms with Crippen molar-refractivity contribution in [3.05, 3.63) is 23.4 Å². The van der Waals surface area contributed by atoms with E-state index in [1.807, 2.05) is 0 Å². The summed E-state index contributed by atoms with van der Waals surface area (Å²) in [6, 6.07) is 3.30. The van der Waals surface area contributed by atoms with Crippen molar-refractivity contribution in [3.63, 3.8) is 0 Å². The molecule has 1 aromatic rings. The van der Waals surface area contributed by atoms with Gasteiger partial charge in [0.05, 0.1) is 5.02 Å². The van der Waals surface area contributed by atoms with Crippen LogP contribution < -0.4 is 5.32 Å². The second-order valence-corrected chi connectivity index (χ2v) is 3.18. The van der Waals surface area contributed by atoms with Crippen LogP contribution in [0.2, 0.25) is 5.02 Å². The molecule has 11 heavy (non-hydrogen) atoms. The van der Waals surface area contributed by atoms with Gasteiger partial charge in [0.25, 0.3) is 3.91 Å². The number of carbonyl (C=O) groups excluding carboxylic acids is 1. The average Bonchev–Trinajstić information content (AvgIpc) is 1.93. The predicted octanol–water partition coefficient (Wildman–Crippen LogP) is 2.70. The van der Waals surface area contributed by atoms with Gasteiger partial charge in [0.15, 0.2) is 0 Å². The smallest absolute Gasteiger partial charge is 0.286 e. The molecule has 0 atom stereocenters. The van der Waals surface area contributed by atoms with Gasteiger partial charge >= 0.3 is 0 Å². The molecule has 0 saturated carbocycles. The van der Waals surface area contributed by atoms with E-state index in [0.717, 1.165) is 0 Å². The van der Waals surface area contributed by atoms with E-state index in [1.165, 1.54) is 6.20 Å². The van der Waals surface area contributed by atoms with Crippen LogP contribution >= 0.6 is 34.2 Å². The molecule has 0 aliphatic rings. The topological polar surface area (TPSA) is 42.0 Å². The van der Waals surface area contributed by atoms with Crippen molar-refractivity contribution in [2.24, 2.45) is 0 Å². The van der Waals surface area contributed by atoms with Gasteiger partial charge in [-0.3, -0.25) is 4.79 Å². The zero-order valence-corrected chi connectivity index (χ0v) is 8.26. The third-order valence-electron chi connectivity index (χ3n) is 0.954. The Bertz CT molecular complexity index is 262. The number of rotatable bonds is 1. The Balaban J connectivity index is 2.74. The molecule has 0 fully saturated rings. The van der Waals surface area contributed by atoms with Crippen LogP contribution in [0.25, 0.3) is 0 Å². The molecule has 1 aromatic heterocycles. The maximum Gasteiger partial charge on any atom is 0.286 e. The van der Waals surface area contributed by atoms with Gasteiger partial charge in [0, 0.05) is 28.8 Å². The van der Waals surface area contributed by atoms with Crippen LogP contribution in [0.1, 0.15) is 0 Å². The molecule has 0 aliphatic carbocycles. The number of pyridine rings is 1. The van der Waals surface area contributed by atoms with Crippen molar-refractivity contribution in [1.82, 2.24) is 4.98 Å². The summed E-state index contributed by atoms with van der Waals surface area (Å²) in [5.74, 6) is 0.508. The molecule has 0 saturated heterocycles. The summed E-state index contributed by atoms with van der Waals surface area (Å²) in [6.45, 7) is 0. The van der Waals surface area contributed by atoms with Gasteiger partial charge in [-0.05, 0) is 12.1 Å². The highest BCUT2D eigenvalue weighted by Crippen LogP contribution is 2.09. The van der Waals surface area contributed by atoms with Crippen LogP contribution in [-0.2, 0) is 0 Å². The van der Waals surface area contributed by atoms with E-state index >= 15 is 0 Å². The molecule has 1 heterocycles. The molecule has 0 aliphatic heterocycles. The van der Waals surface area contributed by atoms with Gasteiger partial charge in [-0.1, -0.05) is 11.6 Å². The minimum Gasteiger partial charge on any atom is -0.302 e. The number of hydrogen-bond acceptors (Lipinski definition) is 2. The van der Waals surface area contributed by atoms with Gasteiger partial charge in [0.1, 0.15) is 5.82 Å². The zero-order chi connectivity index (χ0) is 8.27. The van der Waals surface area contributed by atoms with Crippen LogP contribution in [0.15, 0.2) is 18.3 Å². The number of aromatic nitrogens is 1. The van der Waals surface area contributed by atoms with Crippen molar-refractivity contribution in [2.45, 2.75) is 0 Å². The number of carbonyl (C=O) groups is 1. The lowest BCUT2D eigenvalue weighted by Crippen LogP contribution is -2.01. The zero-order valence-electron chi connectivity index (χ0n) is 5.34. The first-order valence-corrected chi connectivity index (χ1v) is 4.22. The molecule has 0 spiro atoms. The number of anilines is 1. The summed E-state index contributed by atoms with van der Waals surface area (Å²) in [4.78, 5) is 14.4. The molecule has 0 aromatic carbocycles.